The molecule has 1 N–H and O–H groups in total. The number of aromatic nitrogens is 1. The van der Waals surface area contributed by atoms with Gasteiger partial charge in [0.1, 0.15) is 0 Å². The molecule has 0 aliphatic heterocycles. The second-order valence-electron chi connectivity index (χ2n) is 5.18. The predicted octanol–water partition coefficient (Wildman–Crippen LogP) is 3.98. The van der Waals surface area contributed by atoms with Crippen LogP contribution >= 0.6 is 15.9 Å². The molecule has 21 heavy (non-hydrogen) atoms. The van der Waals surface area contributed by atoms with Gasteiger partial charge in [-0.2, -0.15) is 0 Å². The molecule has 0 bridgehead atoms. The van der Waals surface area contributed by atoms with E-state index in [1.807, 2.05) is 12.3 Å². The molecule has 2 aromatic rings. The minimum Gasteiger partial charge on any atom is -0.369 e. The van der Waals surface area contributed by atoms with Crippen molar-refractivity contribution in [2.45, 2.75) is 26.4 Å². The van der Waals surface area contributed by atoms with Gasteiger partial charge in [0, 0.05) is 37.0 Å². The summed E-state index contributed by atoms with van der Waals surface area (Å²) in [5.41, 5.74) is 3.70. The first kappa shape index (κ1) is 16.0. The van der Waals surface area contributed by atoms with E-state index in [9.17, 15) is 0 Å². The maximum absolute atomic E-state index is 4.16. The van der Waals surface area contributed by atoms with Crippen LogP contribution in [0.15, 0.2) is 47.2 Å². The summed E-state index contributed by atoms with van der Waals surface area (Å²) in [5.74, 6) is 0. The molecule has 0 spiro atoms. The first-order valence-corrected chi connectivity index (χ1v) is 8.09. The second-order valence-corrected chi connectivity index (χ2v) is 6.03. The van der Waals surface area contributed by atoms with E-state index >= 15 is 0 Å². The summed E-state index contributed by atoms with van der Waals surface area (Å²) in [7, 11) is 2.10. The molecule has 0 aliphatic rings. The molecular formula is C17H22BrN3. The summed E-state index contributed by atoms with van der Waals surface area (Å²) in [4.78, 5) is 6.39. The van der Waals surface area contributed by atoms with Crippen LogP contribution in [-0.4, -0.2) is 18.6 Å². The zero-order valence-corrected chi connectivity index (χ0v) is 14.2. The fraction of sp³-hybridized carbons (Fsp3) is 0.353. The number of benzene rings is 1. The summed E-state index contributed by atoms with van der Waals surface area (Å²) in [6, 6.07) is 10.6. The SMILES string of the molecule is CCCNCc1ccc(N(C)Cc2cccnc2)c(Br)c1. The number of hydrogen-bond donors (Lipinski definition) is 1. The highest BCUT2D eigenvalue weighted by Gasteiger charge is 2.07. The van der Waals surface area contributed by atoms with Crippen molar-refractivity contribution in [1.82, 2.24) is 10.3 Å². The zero-order valence-electron chi connectivity index (χ0n) is 12.6. The minimum absolute atomic E-state index is 0.847. The molecule has 4 heteroatoms. The maximum Gasteiger partial charge on any atom is 0.0511 e. The minimum atomic E-state index is 0.847. The molecule has 0 atom stereocenters. The largest absolute Gasteiger partial charge is 0.369 e. The number of nitrogens with one attached hydrogen (secondary N) is 1. The Bertz CT molecular complexity index is 557. The van der Waals surface area contributed by atoms with Crippen LogP contribution in [0.3, 0.4) is 0 Å². The first-order chi connectivity index (χ1) is 10.2. The van der Waals surface area contributed by atoms with Crippen LogP contribution < -0.4 is 10.2 Å². The van der Waals surface area contributed by atoms with Gasteiger partial charge in [-0.05, 0) is 58.2 Å². The third kappa shape index (κ3) is 4.83. The molecule has 3 nitrogen and oxygen atoms in total. The zero-order chi connectivity index (χ0) is 15.1. The maximum atomic E-state index is 4.16. The van der Waals surface area contributed by atoms with Crippen molar-refractivity contribution in [3.63, 3.8) is 0 Å². The van der Waals surface area contributed by atoms with Crippen molar-refractivity contribution in [1.29, 1.82) is 0 Å². The van der Waals surface area contributed by atoms with Crippen LogP contribution in [-0.2, 0) is 13.1 Å². The van der Waals surface area contributed by atoms with Crippen LogP contribution in [0.2, 0.25) is 0 Å². The monoisotopic (exact) mass is 347 g/mol. The lowest BCUT2D eigenvalue weighted by molar-refractivity contribution is 0.675. The van der Waals surface area contributed by atoms with Crippen LogP contribution in [0.4, 0.5) is 5.69 Å². The van der Waals surface area contributed by atoms with Gasteiger partial charge in [0.05, 0.1) is 5.69 Å². The molecule has 0 radical (unpaired) electrons. The van der Waals surface area contributed by atoms with Gasteiger partial charge in [-0.3, -0.25) is 4.98 Å². The van der Waals surface area contributed by atoms with Crippen molar-refractivity contribution in [3.05, 3.63) is 58.3 Å². The van der Waals surface area contributed by atoms with Gasteiger partial charge in [0.25, 0.3) is 0 Å². The number of hydrogen-bond acceptors (Lipinski definition) is 3. The molecule has 2 rings (SSSR count). The average molecular weight is 348 g/mol. The molecule has 0 fully saturated rings. The van der Waals surface area contributed by atoms with Crippen molar-refractivity contribution >= 4 is 21.6 Å². The highest BCUT2D eigenvalue weighted by atomic mass is 79.9. The molecule has 1 aromatic heterocycles. The lowest BCUT2D eigenvalue weighted by Crippen LogP contribution is -2.17. The molecule has 0 unspecified atom stereocenters. The number of rotatable bonds is 7. The average Bonchev–Trinajstić information content (AvgIpc) is 2.48. The van der Waals surface area contributed by atoms with E-state index in [2.05, 4.69) is 69.4 Å². The quantitative estimate of drug-likeness (QED) is 0.767. The Labute approximate surface area is 135 Å². The van der Waals surface area contributed by atoms with Gasteiger partial charge in [0.15, 0.2) is 0 Å². The van der Waals surface area contributed by atoms with E-state index in [0.717, 1.165) is 30.5 Å². The number of nitrogens with zero attached hydrogens (tertiary/aromatic N) is 2. The smallest absolute Gasteiger partial charge is 0.0511 e. The van der Waals surface area contributed by atoms with Crippen molar-refractivity contribution in [2.24, 2.45) is 0 Å². The Hall–Kier alpha value is -1.39. The molecule has 0 amide bonds. The molecule has 0 saturated carbocycles. The van der Waals surface area contributed by atoms with Gasteiger partial charge in [0.2, 0.25) is 0 Å². The van der Waals surface area contributed by atoms with Gasteiger partial charge in [-0.1, -0.05) is 19.1 Å². The third-order valence-electron chi connectivity index (χ3n) is 3.32. The third-order valence-corrected chi connectivity index (χ3v) is 3.96. The number of anilines is 1. The summed E-state index contributed by atoms with van der Waals surface area (Å²) < 4.78 is 1.13. The molecule has 1 heterocycles. The second kappa shape index (κ2) is 8.15. The fourth-order valence-electron chi connectivity index (χ4n) is 2.23. The Morgan fingerprint density at radius 1 is 1.24 bits per heavy atom. The van der Waals surface area contributed by atoms with E-state index in [1.54, 1.807) is 6.20 Å². The normalized spacial score (nSPS) is 10.6. The number of pyridine rings is 1. The van der Waals surface area contributed by atoms with Gasteiger partial charge in [-0.25, -0.2) is 0 Å². The van der Waals surface area contributed by atoms with E-state index in [0.29, 0.717) is 0 Å². The Morgan fingerprint density at radius 2 is 2.10 bits per heavy atom. The fourth-order valence-corrected chi connectivity index (χ4v) is 2.96. The Kier molecular flexibility index (Phi) is 6.21. The molecule has 1 aromatic carbocycles. The molecular weight excluding hydrogens is 326 g/mol. The predicted molar refractivity (Wildman–Crippen MR) is 92.5 cm³/mol. The van der Waals surface area contributed by atoms with Gasteiger partial charge < -0.3 is 10.2 Å². The topological polar surface area (TPSA) is 28.2 Å². The summed E-state index contributed by atoms with van der Waals surface area (Å²) >= 11 is 3.69. The first-order valence-electron chi connectivity index (χ1n) is 7.30. The lowest BCUT2D eigenvalue weighted by Gasteiger charge is -2.21. The summed E-state index contributed by atoms with van der Waals surface area (Å²) in [6.45, 7) is 5.00. The Morgan fingerprint density at radius 3 is 2.76 bits per heavy atom. The highest BCUT2D eigenvalue weighted by Crippen LogP contribution is 2.27. The molecule has 0 aliphatic carbocycles. The van der Waals surface area contributed by atoms with Crippen LogP contribution in [0.25, 0.3) is 0 Å². The molecule has 0 saturated heterocycles. The van der Waals surface area contributed by atoms with Gasteiger partial charge >= 0.3 is 0 Å². The van der Waals surface area contributed by atoms with Crippen LogP contribution in [0.1, 0.15) is 24.5 Å². The van der Waals surface area contributed by atoms with E-state index in [4.69, 9.17) is 0 Å². The van der Waals surface area contributed by atoms with Crippen molar-refractivity contribution in [3.8, 4) is 0 Å². The summed E-state index contributed by atoms with van der Waals surface area (Å²) in [5, 5.41) is 3.42. The number of halogens is 1. The van der Waals surface area contributed by atoms with E-state index in [-0.39, 0.29) is 0 Å². The van der Waals surface area contributed by atoms with Crippen LogP contribution in [0.5, 0.6) is 0 Å². The van der Waals surface area contributed by atoms with Crippen molar-refractivity contribution < 1.29 is 0 Å². The van der Waals surface area contributed by atoms with Gasteiger partial charge in [-0.15, -0.1) is 0 Å². The van der Waals surface area contributed by atoms with Crippen molar-refractivity contribution in [2.75, 3.05) is 18.5 Å². The van der Waals surface area contributed by atoms with Crippen LogP contribution in [0, 0.1) is 0 Å². The van der Waals surface area contributed by atoms with E-state index < -0.39 is 0 Å². The lowest BCUT2D eigenvalue weighted by atomic mass is 10.2. The standard InChI is InChI=1S/C17H22BrN3/c1-3-8-19-11-14-6-7-17(16(18)10-14)21(2)13-15-5-4-9-20-12-15/h4-7,9-10,12,19H,3,8,11,13H2,1-2H3. The summed E-state index contributed by atoms with van der Waals surface area (Å²) in [6.07, 6.45) is 4.87. The Balaban J connectivity index is 2.02. The van der Waals surface area contributed by atoms with E-state index in [1.165, 1.54) is 16.8 Å². The highest BCUT2D eigenvalue weighted by molar-refractivity contribution is 9.10. The molecule has 112 valence electrons.